The monoisotopic (exact) mass is 317 g/mol. The number of ether oxygens (including phenoxy) is 1. The Morgan fingerprint density at radius 1 is 1.09 bits per heavy atom. The lowest BCUT2D eigenvalue weighted by molar-refractivity contribution is 0.316. The molecule has 0 fully saturated rings. The molecule has 114 valence electrons. The highest BCUT2D eigenvalue weighted by atomic mass is 32.2. The molecular weight excluding hydrogens is 302 g/mol. The van der Waals surface area contributed by atoms with E-state index in [-0.39, 0.29) is 16.8 Å². The van der Waals surface area contributed by atoms with Crippen molar-refractivity contribution >= 4 is 16.0 Å². The van der Waals surface area contributed by atoms with Crippen LogP contribution >= 0.6 is 0 Å². The SMILES string of the molecule is O=S(=O)(O)c1ccccc1C1=N[C@@H](Cc2ccccc2)CO1. The number of benzene rings is 2. The Kier molecular flexibility index (Phi) is 3.96. The highest BCUT2D eigenvalue weighted by Crippen LogP contribution is 2.21. The van der Waals surface area contributed by atoms with E-state index in [0.29, 0.717) is 12.2 Å². The van der Waals surface area contributed by atoms with Crippen LogP contribution in [0.3, 0.4) is 0 Å². The Labute approximate surface area is 129 Å². The first-order chi connectivity index (χ1) is 10.5. The van der Waals surface area contributed by atoms with Gasteiger partial charge in [0.25, 0.3) is 10.1 Å². The van der Waals surface area contributed by atoms with Gasteiger partial charge in [0.15, 0.2) is 0 Å². The minimum atomic E-state index is -4.31. The van der Waals surface area contributed by atoms with Crippen molar-refractivity contribution in [1.29, 1.82) is 0 Å². The molecule has 0 spiro atoms. The lowest BCUT2D eigenvalue weighted by Gasteiger charge is -2.05. The number of nitrogens with zero attached hydrogens (tertiary/aromatic N) is 1. The number of aliphatic imine (C=N–C) groups is 1. The average molecular weight is 317 g/mol. The van der Waals surface area contributed by atoms with Gasteiger partial charge < -0.3 is 4.74 Å². The van der Waals surface area contributed by atoms with Gasteiger partial charge >= 0.3 is 0 Å². The summed E-state index contributed by atoms with van der Waals surface area (Å²) in [7, 11) is -4.31. The minimum Gasteiger partial charge on any atom is -0.475 e. The molecule has 1 aliphatic heterocycles. The van der Waals surface area contributed by atoms with Gasteiger partial charge in [-0.05, 0) is 24.1 Å². The summed E-state index contributed by atoms with van der Waals surface area (Å²) in [5, 5.41) is 0. The maximum absolute atomic E-state index is 11.4. The number of hydrogen-bond donors (Lipinski definition) is 1. The van der Waals surface area contributed by atoms with Gasteiger partial charge in [-0.15, -0.1) is 0 Å². The van der Waals surface area contributed by atoms with Crippen LogP contribution in [-0.4, -0.2) is 31.5 Å². The summed E-state index contributed by atoms with van der Waals surface area (Å²) in [6.45, 7) is 0.393. The molecule has 6 heteroatoms. The molecule has 1 atom stereocenters. The van der Waals surface area contributed by atoms with Crippen LogP contribution in [0, 0.1) is 0 Å². The second-order valence-electron chi connectivity index (χ2n) is 5.06. The second kappa shape index (κ2) is 5.90. The van der Waals surface area contributed by atoms with Crippen molar-refractivity contribution < 1.29 is 17.7 Å². The van der Waals surface area contributed by atoms with Crippen molar-refractivity contribution in [3.05, 3.63) is 65.7 Å². The van der Waals surface area contributed by atoms with E-state index < -0.39 is 10.1 Å². The molecule has 0 saturated carbocycles. The fourth-order valence-corrected chi connectivity index (χ4v) is 3.11. The standard InChI is InChI=1S/C16H15NO4S/c18-22(19,20)15-9-5-4-8-14(15)16-17-13(11-21-16)10-12-6-2-1-3-7-12/h1-9,13H,10-11H2,(H,18,19,20)/t13-/m0/s1. The molecule has 0 radical (unpaired) electrons. The highest BCUT2D eigenvalue weighted by molar-refractivity contribution is 7.86. The third-order valence-corrected chi connectivity index (χ3v) is 4.33. The summed E-state index contributed by atoms with van der Waals surface area (Å²) < 4.78 is 37.7. The van der Waals surface area contributed by atoms with Crippen LogP contribution in [0.1, 0.15) is 11.1 Å². The molecule has 1 N–H and O–H groups in total. The second-order valence-corrected chi connectivity index (χ2v) is 6.45. The number of hydrogen-bond acceptors (Lipinski definition) is 4. The minimum absolute atomic E-state index is 0.0631. The van der Waals surface area contributed by atoms with Gasteiger partial charge in [-0.2, -0.15) is 8.42 Å². The van der Waals surface area contributed by atoms with Crippen molar-refractivity contribution in [2.75, 3.05) is 6.61 Å². The van der Waals surface area contributed by atoms with Crippen LogP contribution < -0.4 is 0 Å². The molecule has 0 amide bonds. The molecule has 0 bridgehead atoms. The Morgan fingerprint density at radius 2 is 1.77 bits per heavy atom. The lowest BCUT2D eigenvalue weighted by Crippen LogP contribution is -2.10. The fraction of sp³-hybridized carbons (Fsp3) is 0.188. The predicted octanol–water partition coefficient (Wildman–Crippen LogP) is 2.32. The van der Waals surface area contributed by atoms with Gasteiger partial charge in [-0.3, -0.25) is 4.55 Å². The third kappa shape index (κ3) is 3.18. The Hall–Kier alpha value is -2.18. The van der Waals surface area contributed by atoms with Crippen molar-refractivity contribution in [1.82, 2.24) is 0 Å². The van der Waals surface area contributed by atoms with Gasteiger partial charge in [0.2, 0.25) is 5.90 Å². The van der Waals surface area contributed by atoms with E-state index in [2.05, 4.69) is 4.99 Å². The van der Waals surface area contributed by atoms with E-state index in [9.17, 15) is 13.0 Å². The maximum Gasteiger partial charge on any atom is 0.295 e. The summed E-state index contributed by atoms with van der Waals surface area (Å²) in [4.78, 5) is 4.26. The van der Waals surface area contributed by atoms with Crippen LogP contribution in [0.15, 0.2) is 64.5 Å². The van der Waals surface area contributed by atoms with E-state index >= 15 is 0 Å². The van der Waals surface area contributed by atoms with Gasteiger partial charge in [0, 0.05) is 0 Å². The zero-order chi connectivity index (χ0) is 15.6. The lowest BCUT2D eigenvalue weighted by atomic mass is 10.1. The average Bonchev–Trinajstić information content (AvgIpc) is 2.96. The van der Waals surface area contributed by atoms with Crippen molar-refractivity contribution in [3.8, 4) is 0 Å². The molecule has 2 aromatic rings. The van der Waals surface area contributed by atoms with Crippen LogP contribution in [0.2, 0.25) is 0 Å². The topological polar surface area (TPSA) is 76.0 Å². The van der Waals surface area contributed by atoms with Crippen molar-refractivity contribution in [2.24, 2.45) is 4.99 Å². The molecule has 0 aliphatic carbocycles. The first-order valence-electron chi connectivity index (χ1n) is 6.85. The van der Waals surface area contributed by atoms with Crippen LogP contribution in [0.25, 0.3) is 0 Å². The van der Waals surface area contributed by atoms with Crippen molar-refractivity contribution in [3.63, 3.8) is 0 Å². The molecule has 1 aliphatic rings. The summed E-state index contributed by atoms with van der Waals surface area (Å²) in [5.74, 6) is 0.258. The number of rotatable bonds is 4. The summed E-state index contributed by atoms with van der Waals surface area (Å²) >= 11 is 0. The molecule has 22 heavy (non-hydrogen) atoms. The van der Waals surface area contributed by atoms with Gasteiger partial charge in [0.05, 0.1) is 11.6 Å². The molecule has 1 heterocycles. The predicted molar refractivity (Wildman–Crippen MR) is 82.7 cm³/mol. The Bertz CT molecular complexity index is 800. The van der Waals surface area contributed by atoms with E-state index in [4.69, 9.17) is 4.74 Å². The highest BCUT2D eigenvalue weighted by Gasteiger charge is 2.25. The van der Waals surface area contributed by atoms with Gasteiger partial charge in [-0.25, -0.2) is 4.99 Å². The van der Waals surface area contributed by atoms with Crippen LogP contribution in [-0.2, 0) is 21.3 Å². The zero-order valence-corrected chi connectivity index (χ0v) is 12.5. The van der Waals surface area contributed by atoms with E-state index in [1.807, 2.05) is 30.3 Å². The summed E-state index contributed by atoms with van der Waals surface area (Å²) in [6.07, 6.45) is 0.721. The van der Waals surface area contributed by atoms with Crippen LogP contribution in [0.4, 0.5) is 0 Å². The first-order valence-corrected chi connectivity index (χ1v) is 8.29. The zero-order valence-electron chi connectivity index (χ0n) is 11.7. The molecule has 0 saturated heterocycles. The quantitative estimate of drug-likeness (QED) is 0.878. The first kappa shape index (κ1) is 14.7. The molecular formula is C16H15NO4S. The van der Waals surface area contributed by atoms with Crippen molar-refractivity contribution in [2.45, 2.75) is 17.4 Å². The normalized spacial score (nSPS) is 17.9. The van der Waals surface area contributed by atoms with Gasteiger partial charge in [0.1, 0.15) is 11.5 Å². The Morgan fingerprint density at radius 3 is 2.50 bits per heavy atom. The largest absolute Gasteiger partial charge is 0.475 e. The van der Waals surface area contributed by atoms with Crippen LogP contribution in [0.5, 0.6) is 0 Å². The van der Waals surface area contributed by atoms with E-state index in [0.717, 1.165) is 12.0 Å². The summed E-state index contributed by atoms with van der Waals surface area (Å²) in [6, 6.07) is 16.0. The molecule has 0 unspecified atom stereocenters. The fourth-order valence-electron chi connectivity index (χ4n) is 2.42. The molecule has 2 aromatic carbocycles. The summed E-state index contributed by atoms with van der Waals surface area (Å²) in [5.41, 5.74) is 1.43. The van der Waals surface area contributed by atoms with Gasteiger partial charge in [-0.1, -0.05) is 42.5 Å². The third-order valence-electron chi connectivity index (χ3n) is 3.42. The van der Waals surface area contributed by atoms with E-state index in [1.54, 1.807) is 18.2 Å². The smallest absolute Gasteiger partial charge is 0.295 e. The van der Waals surface area contributed by atoms with E-state index in [1.165, 1.54) is 6.07 Å². The molecule has 3 rings (SSSR count). The Balaban J connectivity index is 1.87. The molecule has 5 nitrogen and oxygen atoms in total. The molecule has 0 aromatic heterocycles. The maximum atomic E-state index is 11.4.